The first-order valence-electron chi connectivity index (χ1n) is 9.01. The predicted molar refractivity (Wildman–Crippen MR) is 104 cm³/mol. The molecular weight excluding hydrogens is 419 g/mol. The number of carbonyl (C=O) groups is 1. The molecule has 9 heteroatoms. The van der Waals surface area contributed by atoms with Gasteiger partial charge in [-0.25, -0.2) is 9.97 Å². The first kappa shape index (κ1) is 20.2. The number of alkyl halides is 3. The lowest BCUT2D eigenvalue weighted by Crippen LogP contribution is -2.34. The van der Waals surface area contributed by atoms with Crippen molar-refractivity contribution < 1.29 is 22.7 Å². The van der Waals surface area contributed by atoms with Crippen LogP contribution in [-0.4, -0.2) is 28.5 Å². The fourth-order valence-corrected chi connectivity index (χ4v) is 3.52. The van der Waals surface area contributed by atoms with Crippen LogP contribution < -0.4 is 10.1 Å². The molecule has 1 aliphatic rings. The van der Waals surface area contributed by atoms with Crippen molar-refractivity contribution in [2.75, 3.05) is 6.54 Å². The number of nitrogens with one attached hydrogen (secondary N) is 1. The zero-order chi connectivity index (χ0) is 21.3. The number of halogens is 4. The van der Waals surface area contributed by atoms with Gasteiger partial charge >= 0.3 is 6.18 Å². The van der Waals surface area contributed by atoms with E-state index < -0.39 is 17.6 Å². The van der Waals surface area contributed by atoms with Gasteiger partial charge in [-0.15, -0.1) is 0 Å². The van der Waals surface area contributed by atoms with Crippen LogP contribution in [0.2, 0.25) is 5.02 Å². The molecule has 5 nitrogen and oxygen atoms in total. The second-order valence-corrected chi connectivity index (χ2v) is 7.21. The third kappa shape index (κ3) is 4.23. The number of carbonyl (C=O) groups excluding carboxylic acids is 1. The van der Waals surface area contributed by atoms with E-state index >= 15 is 0 Å². The molecule has 4 rings (SSSR count). The van der Waals surface area contributed by atoms with Crippen molar-refractivity contribution in [2.45, 2.75) is 18.7 Å². The van der Waals surface area contributed by atoms with E-state index in [4.69, 9.17) is 16.3 Å². The smallest absolute Gasteiger partial charge is 0.416 e. The zero-order valence-electron chi connectivity index (χ0n) is 15.4. The molecule has 0 fully saturated rings. The second kappa shape index (κ2) is 7.95. The van der Waals surface area contributed by atoms with Gasteiger partial charge in [0, 0.05) is 35.5 Å². The molecule has 0 radical (unpaired) electrons. The number of rotatable bonds is 4. The molecule has 0 spiro atoms. The number of amides is 1. The van der Waals surface area contributed by atoms with Crippen LogP contribution in [0.5, 0.6) is 5.75 Å². The second-order valence-electron chi connectivity index (χ2n) is 6.80. The summed E-state index contributed by atoms with van der Waals surface area (Å²) in [5, 5.41) is 3.14. The van der Waals surface area contributed by atoms with Gasteiger partial charge in [0.2, 0.25) is 0 Å². The number of ether oxygens (including phenoxy) is 1. The zero-order valence-corrected chi connectivity index (χ0v) is 16.2. The minimum absolute atomic E-state index is 0.142. The van der Waals surface area contributed by atoms with E-state index in [1.165, 1.54) is 6.33 Å². The Morgan fingerprint density at radius 3 is 2.50 bits per heavy atom. The highest BCUT2D eigenvalue weighted by Gasteiger charge is 2.30. The Kier molecular flexibility index (Phi) is 5.34. The molecule has 2 heterocycles. The molecule has 3 aromatic rings. The molecule has 154 valence electrons. The minimum atomic E-state index is -4.44. The number of benzene rings is 2. The largest absolute Gasteiger partial charge is 0.486 e. The van der Waals surface area contributed by atoms with Crippen molar-refractivity contribution in [3.63, 3.8) is 0 Å². The summed E-state index contributed by atoms with van der Waals surface area (Å²) in [5.41, 5.74) is 1.92. The number of aromatic nitrogens is 2. The summed E-state index contributed by atoms with van der Waals surface area (Å²) in [6, 6.07) is 7.76. The van der Waals surface area contributed by atoms with E-state index in [2.05, 4.69) is 15.3 Å². The SMILES string of the molecule is O=C(NCC1Cc2cc(-c3cncnc3)cc(Cl)c2O1)c1ccc(C(F)(F)F)cc1. The minimum Gasteiger partial charge on any atom is -0.486 e. The van der Waals surface area contributed by atoms with Crippen LogP contribution in [0, 0.1) is 0 Å². The summed E-state index contributed by atoms with van der Waals surface area (Å²) in [4.78, 5) is 20.3. The topological polar surface area (TPSA) is 64.1 Å². The highest BCUT2D eigenvalue weighted by Crippen LogP contribution is 2.39. The molecule has 2 aromatic carbocycles. The normalized spacial score (nSPS) is 15.4. The summed E-state index contributed by atoms with van der Waals surface area (Å²) < 4.78 is 43.8. The average Bonchev–Trinajstić information content (AvgIpc) is 3.16. The van der Waals surface area contributed by atoms with Crippen LogP contribution >= 0.6 is 11.6 Å². The first-order chi connectivity index (χ1) is 14.3. The molecule has 0 saturated carbocycles. The van der Waals surface area contributed by atoms with Crippen LogP contribution in [0.1, 0.15) is 21.5 Å². The van der Waals surface area contributed by atoms with E-state index in [1.54, 1.807) is 18.5 Å². The van der Waals surface area contributed by atoms with Crippen molar-refractivity contribution in [1.82, 2.24) is 15.3 Å². The van der Waals surface area contributed by atoms with Crippen LogP contribution in [0.3, 0.4) is 0 Å². The predicted octanol–water partition coefficient (Wildman–Crippen LogP) is 4.55. The molecule has 1 N–H and O–H groups in total. The molecule has 0 bridgehead atoms. The van der Waals surface area contributed by atoms with E-state index in [-0.39, 0.29) is 18.2 Å². The van der Waals surface area contributed by atoms with Gasteiger partial charge in [0.15, 0.2) is 0 Å². The van der Waals surface area contributed by atoms with Crippen molar-refractivity contribution in [3.8, 4) is 16.9 Å². The number of hydrogen-bond donors (Lipinski definition) is 1. The Balaban J connectivity index is 1.40. The van der Waals surface area contributed by atoms with Gasteiger partial charge in [0.05, 0.1) is 17.1 Å². The fraction of sp³-hybridized carbons (Fsp3) is 0.190. The van der Waals surface area contributed by atoms with E-state index in [9.17, 15) is 18.0 Å². The molecule has 30 heavy (non-hydrogen) atoms. The van der Waals surface area contributed by atoms with E-state index in [0.717, 1.165) is 41.0 Å². The molecule has 0 aliphatic carbocycles. The maximum Gasteiger partial charge on any atom is 0.416 e. The van der Waals surface area contributed by atoms with Crippen LogP contribution in [-0.2, 0) is 12.6 Å². The fourth-order valence-electron chi connectivity index (χ4n) is 3.24. The number of fused-ring (bicyclic) bond motifs is 1. The standard InChI is InChI=1S/C21H15ClF3N3O2/c22-18-7-13(15-8-26-11-27-9-15)5-14-6-17(30-19(14)18)10-28-20(29)12-1-3-16(4-2-12)21(23,24)25/h1-5,7-9,11,17H,6,10H2,(H,28,29). The third-order valence-corrected chi connectivity index (χ3v) is 4.99. The molecule has 0 saturated heterocycles. The quantitative estimate of drug-likeness (QED) is 0.655. The summed E-state index contributed by atoms with van der Waals surface area (Å²) in [5.74, 6) is 0.0857. The van der Waals surface area contributed by atoms with E-state index in [1.807, 2.05) is 6.07 Å². The van der Waals surface area contributed by atoms with Gasteiger partial charge in [-0.3, -0.25) is 4.79 Å². The molecule has 1 amide bonds. The van der Waals surface area contributed by atoms with Gasteiger partial charge in [-0.05, 0) is 42.0 Å². The molecular formula is C21H15ClF3N3O2. The summed E-state index contributed by atoms with van der Waals surface area (Å²) >= 11 is 6.36. The van der Waals surface area contributed by atoms with Crippen molar-refractivity contribution in [2.24, 2.45) is 0 Å². The number of nitrogens with zero attached hydrogens (tertiary/aromatic N) is 2. The van der Waals surface area contributed by atoms with Crippen LogP contribution in [0.4, 0.5) is 13.2 Å². The Morgan fingerprint density at radius 2 is 1.83 bits per heavy atom. The molecule has 1 aliphatic heterocycles. The molecule has 1 aromatic heterocycles. The van der Waals surface area contributed by atoms with Gasteiger partial charge in [-0.2, -0.15) is 13.2 Å². The van der Waals surface area contributed by atoms with Crippen molar-refractivity contribution in [1.29, 1.82) is 0 Å². The third-order valence-electron chi connectivity index (χ3n) is 4.71. The lowest BCUT2D eigenvalue weighted by molar-refractivity contribution is -0.137. The monoisotopic (exact) mass is 433 g/mol. The van der Waals surface area contributed by atoms with Crippen LogP contribution in [0.15, 0.2) is 55.1 Å². The average molecular weight is 434 g/mol. The Labute approximate surface area is 174 Å². The highest BCUT2D eigenvalue weighted by atomic mass is 35.5. The Bertz CT molecular complexity index is 1070. The molecule has 1 atom stereocenters. The maximum atomic E-state index is 12.6. The van der Waals surface area contributed by atoms with Crippen molar-refractivity contribution in [3.05, 3.63) is 76.8 Å². The van der Waals surface area contributed by atoms with Gasteiger partial charge < -0.3 is 10.1 Å². The summed E-state index contributed by atoms with van der Waals surface area (Å²) in [6.45, 7) is 0.189. The maximum absolute atomic E-state index is 12.6. The first-order valence-corrected chi connectivity index (χ1v) is 9.39. The summed E-state index contributed by atoms with van der Waals surface area (Å²) in [7, 11) is 0. The lowest BCUT2D eigenvalue weighted by atomic mass is 10.0. The van der Waals surface area contributed by atoms with Gasteiger partial charge in [0.25, 0.3) is 5.91 Å². The number of hydrogen-bond acceptors (Lipinski definition) is 4. The van der Waals surface area contributed by atoms with Crippen LogP contribution in [0.25, 0.3) is 11.1 Å². The van der Waals surface area contributed by atoms with Gasteiger partial charge in [-0.1, -0.05) is 11.6 Å². The van der Waals surface area contributed by atoms with Gasteiger partial charge in [0.1, 0.15) is 18.2 Å². The molecule has 1 unspecified atom stereocenters. The lowest BCUT2D eigenvalue weighted by Gasteiger charge is -2.13. The Hall–Kier alpha value is -3.13. The van der Waals surface area contributed by atoms with Crippen molar-refractivity contribution >= 4 is 17.5 Å². The van der Waals surface area contributed by atoms with E-state index in [0.29, 0.717) is 17.2 Å². The Morgan fingerprint density at radius 1 is 1.13 bits per heavy atom. The summed E-state index contributed by atoms with van der Waals surface area (Å²) in [6.07, 6.45) is 0.562. The highest BCUT2D eigenvalue weighted by molar-refractivity contribution is 6.32.